The summed E-state index contributed by atoms with van der Waals surface area (Å²) in [5, 5.41) is 35.3. The van der Waals surface area contributed by atoms with E-state index >= 15 is 0 Å². The number of aliphatic hydroxyl groups is 4. The number of carbonyl (C=O) groups excluding carboxylic acids is 1. The van der Waals surface area contributed by atoms with Crippen molar-refractivity contribution >= 4 is 33.5 Å². The van der Waals surface area contributed by atoms with Crippen molar-refractivity contribution in [2.24, 2.45) is 9.54 Å². The number of ether oxygens (including phenoxy) is 4. The standard InChI is InChI=1S/C16H21F2NO3S.C12H12F2O3.C4H11NOS.4C2H6O.Ti/c1-16(2,3)23(20)19-14(10-21-12-7-8-12)11-5-4-6-13(9-11)22-15(17)18;13-12(14)17-10-3-1-2-8(6-10)11(15)7-16-9-4-5-9;1-4(2,3)7(5)6;4*1-2-3;/h4-6,9,12,15H,7-8,10H2,1-3H3;1-3,6,9,12H,4-5,7H2;5H2,1-3H3;4*3H,2H2,1H3;/t23-;;7-;;;;;/m1.1...../s1. The minimum atomic E-state index is -2.89. The number of hydrogen-bond donors (Lipinski definition) is 5. The third-order valence-electron chi connectivity index (χ3n) is 6.05. The molecule has 60 heavy (non-hydrogen) atoms. The smallest absolute Gasteiger partial charge is 0.387 e. The van der Waals surface area contributed by atoms with Crippen molar-refractivity contribution in [2.45, 2.75) is 130 Å². The van der Waals surface area contributed by atoms with Crippen LogP contribution >= 0.6 is 0 Å². The average Bonchev–Trinajstić information content (AvgIpc) is 4.06. The van der Waals surface area contributed by atoms with E-state index in [0.29, 0.717) is 16.8 Å². The molecule has 2 saturated carbocycles. The first kappa shape index (κ1) is 64.5. The first-order valence-corrected chi connectivity index (χ1v) is 21.3. The summed E-state index contributed by atoms with van der Waals surface area (Å²) in [4.78, 5) is 11.6. The van der Waals surface area contributed by atoms with Crippen molar-refractivity contribution in [3.8, 4) is 11.5 Å². The van der Waals surface area contributed by atoms with Crippen molar-refractivity contribution in [3.63, 3.8) is 0 Å². The maximum absolute atomic E-state index is 12.4. The minimum absolute atomic E-state index is 0. The Labute approximate surface area is 373 Å². The maximum Gasteiger partial charge on any atom is 0.387 e. The molecule has 2 fully saturated rings. The van der Waals surface area contributed by atoms with E-state index in [1.54, 1.807) is 45.9 Å². The molecular formula is C40H68F4N2O11S2Ti. The largest absolute Gasteiger partial charge is 0.435 e. The zero-order chi connectivity index (χ0) is 46.2. The van der Waals surface area contributed by atoms with Gasteiger partial charge in [0.15, 0.2) is 5.78 Å². The van der Waals surface area contributed by atoms with E-state index in [4.69, 9.17) is 35.0 Å². The van der Waals surface area contributed by atoms with E-state index in [2.05, 4.69) is 13.9 Å². The Kier molecular flexibility index (Phi) is 40.2. The predicted octanol–water partition coefficient (Wildman–Crippen LogP) is 6.77. The molecular weight excluding hydrogens is 872 g/mol. The average molecular weight is 941 g/mol. The van der Waals surface area contributed by atoms with Crippen molar-refractivity contribution in [3.05, 3.63) is 59.7 Å². The Bertz CT molecular complexity index is 1450. The molecule has 0 heterocycles. The number of nitrogens with two attached hydrogens (primary N) is 1. The molecule has 4 rings (SSSR count). The fourth-order valence-electron chi connectivity index (χ4n) is 3.04. The monoisotopic (exact) mass is 940 g/mol. The predicted molar refractivity (Wildman–Crippen MR) is 226 cm³/mol. The Morgan fingerprint density at radius 2 is 1.03 bits per heavy atom. The molecule has 0 bridgehead atoms. The summed E-state index contributed by atoms with van der Waals surface area (Å²) in [6, 6.07) is 11.9. The fraction of sp³-hybridized carbons (Fsp3) is 0.650. The number of hydrogen-bond acceptors (Lipinski definition) is 11. The van der Waals surface area contributed by atoms with Crippen LogP contribution < -0.4 is 14.6 Å². The normalized spacial score (nSPS) is 14.1. The molecule has 2 aromatic carbocycles. The van der Waals surface area contributed by atoms with Crippen LogP contribution in [0, 0.1) is 0 Å². The SMILES string of the molecule is CC(C)(C)[S@@](=O)N=C(COC1CC1)c1cccc(OC(F)F)c1.CC(C)(C)[S@](N)=O.CCO.CCO.CCO.CCO.O=C(COC1CC1)c1cccc(OC(F)F)c1.[Ti]. The van der Waals surface area contributed by atoms with Crippen molar-refractivity contribution in [2.75, 3.05) is 39.6 Å². The maximum atomic E-state index is 12.4. The molecule has 2 aromatic rings. The van der Waals surface area contributed by atoms with Crippen LogP contribution in [0.5, 0.6) is 11.5 Å². The second-order valence-electron chi connectivity index (χ2n) is 13.8. The summed E-state index contributed by atoms with van der Waals surface area (Å²) in [6.45, 7) is 13.1. The van der Waals surface area contributed by atoms with Gasteiger partial charge in [-0.3, -0.25) is 9.93 Å². The van der Waals surface area contributed by atoms with Gasteiger partial charge in [-0.2, -0.15) is 22.0 Å². The molecule has 0 aliphatic heterocycles. The Morgan fingerprint density at radius 1 is 0.700 bits per heavy atom. The number of halogens is 4. The third kappa shape index (κ3) is 38.7. The topological polar surface area (TPSA) is 207 Å². The molecule has 348 valence electrons. The van der Waals surface area contributed by atoms with E-state index in [9.17, 15) is 30.8 Å². The number of ketones is 1. The number of aliphatic hydroxyl groups excluding tert-OH is 4. The Morgan fingerprint density at radius 3 is 1.35 bits per heavy atom. The molecule has 0 saturated heterocycles. The molecule has 2 aliphatic carbocycles. The summed E-state index contributed by atoms with van der Waals surface area (Å²) in [6.07, 6.45) is 4.39. The molecule has 0 unspecified atom stereocenters. The fourth-order valence-corrected chi connectivity index (χ4v) is 3.67. The van der Waals surface area contributed by atoms with E-state index in [0.717, 1.165) is 25.7 Å². The third-order valence-corrected chi connectivity index (χ3v) is 8.69. The molecule has 2 aliphatic rings. The van der Waals surface area contributed by atoms with Crippen LogP contribution in [0.15, 0.2) is 52.9 Å². The minimum Gasteiger partial charge on any atom is -0.435 e. The second-order valence-corrected chi connectivity index (χ2v) is 17.6. The van der Waals surface area contributed by atoms with Gasteiger partial charge in [-0.05, 0) is 119 Å². The molecule has 0 radical (unpaired) electrons. The number of alkyl halides is 4. The van der Waals surface area contributed by atoms with Crippen LogP contribution in [-0.2, 0) is 53.2 Å². The zero-order valence-corrected chi connectivity index (χ0v) is 39.7. The summed E-state index contributed by atoms with van der Waals surface area (Å²) < 4.78 is 94.3. The molecule has 2 atom stereocenters. The molecule has 0 aromatic heterocycles. The van der Waals surface area contributed by atoms with Gasteiger partial charge in [0.1, 0.15) is 29.1 Å². The van der Waals surface area contributed by atoms with Crippen LogP contribution in [0.3, 0.4) is 0 Å². The van der Waals surface area contributed by atoms with Crippen LogP contribution in [0.4, 0.5) is 17.6 Å². The van der Waals surface area contributed by atoms with Gasteiger partial charge in [0.2, 0.25) is 0 Å². The van der Waals surface area contributed by atoms with Crippen LogP contribution in [0.2, 0.25) is 0 Å². The summed E-state index contributed by atoms with van der Waals surface area (Å²) >= 11 is 0. The summed E-state index contributed by atoms with van der Waals surface area (Å²) in [5.74, 6) is -0.202. The van der Waals surface area contributed by atoms with Gasteiger partial charge in [0, 0.05) is 59.3 Å². The van der Waals surface area contributed by atoms with Crippen LogP contribution in [-0.4, -0.2) is 115 Å². The molecule has 20 heteroatoms. The van der Waals surface area contributed by atoms with E-state index in [1.165, 1.54) is 30.3 Å². The van der Waals surface area contributed by atoms with Gasteiger partial charge in [-0.25, -0.2) is 8.42 Å². The van der Waals surface area contributed by atoms with Crippen molar-refractivity contribution < 1.29 is 91.9 Å². The van der Waals surface area contributed by atoms with Crippen LogP contribution in [0.25, 0.3) is 0 Å². The van der Waals surface area contributed by atoms with Gasteiger partial charge in [0.05, 0.1) is 45.0 Å². The summed E-state index contributed by atoms with van der Waals surface area (Å²) in [5.41, 5.74) is 1.37. The number of rotatable bonds is 13. The quantitative estimate of drug-likeness (QED) is 0.0613. The van der Waals surface area contributed by atoms with Gasteiger partial charge in [-0.1, -0.05) is 24.3 Å². The van der Waals surface area contributed by atoms with E-state index in [1.807, 2.05) is 41.5 Å². The molecule has 6 N–H and O–H groups in total. The number of Topliss-reactive ketones (excluding diaryl/α,β-unsaturated/α-hetero) is 1. The number of carbonyl (C=O) groups is 1. The molecule has 13 nitrogen and oxygen atoms in total. The summed E-state index contributed by atoms with van der Waals surface area (Å²) in [7, 11) is -2.64. The van der Waals surface area contributed by atoms with Crippen molar-refractivity contribution in [1.29, 1.82) is 0 Å². The molecule has 0 amide bonds. The zero-order valence-electron chi connectivity index (χ0n) is 36.5. The molecule has 0 spiro atoms. The first-order chi connectivity index (χ1) is 27.5. The van der Waals surface area contributed by atoms with Crippen LogP contribution in [0.1, 0.15) is 111 Å². The van der Waals surface area contributed by atoms with Gasteiger partial charge >= 0.3 is 13.2 Å². The van der Waals surface area contributed by atoms with E-state index in [-0.39, 0.29) is 95.6 Å². The number of benzene rings is 2. The van der Waals surface area contributed by atoms with Gasteiger partial charge in [0.25, 0.3) is 0 Å². The Hall–Kier alpha value is -2.17. The van der Waals surface area contributed by atoms with Gasteiger partial charge in [-0.15, -0.1) is 0 Å². The van der Waals surface area contributed by atoms with Gasteiger partial charge < -0.3 is 39.4 Å². The first-order valence-electron chi connectivity index (χ1n) is 19.0. The van der Waals surface area contributed by atoms with Crippen molar-refractivity contribution in [1.82, 2.24) is 0 Å². The second kappa shape index (κ2) is 37.4. The Balaban J connectivity index is -0.000000370. The number of nitrogens with zero attached hydrogens (tertiary/aromatic N) is 1. The van der Waals surface area contributed by atoms with E-state index < -0.39 is 39.9 Å².